The fourth-order valence-electron chi connectivity index (χ4n) is 1.98. The molecule has 2 unspecified atom stereocenters. The third-order valence-electron chi connectivity index (χ3n) is 2.93. The van der Waals surface area contributed by atoms with Gasteiger partial charge < -0.3 is 13.9 Å². The molecular formula is C14H25NO2PS2+. The summed E-state index contributed by atoms with van der Waals surface area (Å²) in [6.45, 7) is 5.04. The molecule has 0 aliphatic carbocycles. The molecule has 1 aromatic rings. The number of rotatable bonds is 6. The molecule has 0 saturated carbocycles. The molecule has 0 saturated heterocycles. The van der Waals surface area contributed by atoms with Crippen molar-refractivity contribution in [1.82, 2.24) is 0 Å². The van der Waals surface area contributed by atoms with Gasteiger partial charge >= 0.3 is 0 Å². The number of hydrogen-bond acceptors (Lipinski definition) is 2. The summed E-state index contributed by atoms with van der Waals surface area (Å²) in [5.74, 6) is 0.452. The van der Waals surface area contributed by atoms with Crippen LogP contribution >= 0.6 is 17.9 Å². The van der Waals surface area contributed by atoms with Crippen molar-refractivity contribution in [3.63, 3.8) is 0 Å². The van der Waals surface area contributed by atoms with Crippen molar-refractivity contribution in [3.8, 4) is 0 Å². The lowest BCUT2D eigenvalue weighted by atomic mass is 9.98. The van der Waals surface area contributed by atoms with Crippen LogP contribution in [-0.2, 0) is 16.3 Å². The lowest BCUT2D eigenvalue weighted by Gasteiger charge is -2.30. The van der Waals surface area contributed by atoms with Crippen LogP contribution in [0.2, 0.25) is 0 Å². The van der Waals surface area contributed by atoms with E-state index in [1.165, 1.54) is 5.56 Å². The van der Waals surface area contributed by atoms with Crippen LogP contribution in [-0.4, -0.2) is 37.1 Å². The topological polar surface area (TPSA) is 29.5 Å². The number of nitrogens with zero attached hydrogens (tertiary/aromatic N) is 1. The first kappa shape index (κ1) is 18.1. The maximum absolute atomic E-state index is 9.79. The summed E-state index contributed by atoms with van der Waals surface area (Å²) >= 11 is 8.95. The maximum Gasteiger partial charge on any atom is 0.242 e. The zero-order valence-corrected chi connectivity index (χ0v) is 15.4. The summed E-state index contributed by atoms with van der Waals surface area (Å²) in [6, 6.07) is 8.28. The van der Waals surface area contributed by atoms with Crippen LogP contribution in [0.4, 0.5) is 0 Å². The highest BCUT2D eigenvalue weighted by Crippen LogP contribution is 2.51. The van der Waals surface area contributed by atoms with Crippen molar-refractivity contribution in [2.24, 2.45) is 0 Å². The second kappa shape index (κ2) is 6.91. The van der Waals surface area contributed by atoms with Crippen molar-refractivity contribution in [3.05, 3.63) is 35.4 Å². The SMILES string of the molecule is CC(C)c1cccc(C(C[N+](C)(C)C)OP(O)(=S)S)c1. The van der Waals surface area contributed by atoms with Crippen LogP contribution in [0.25, 0.3) is 0 Å². The molecular weight excluding hydrogens is 309 g/mol. The average Bonchev–Trinajstić information content (AvgIpc) is 2.24. The first-order valence-corrected chi connectivity index (χ1v) is 10.4. The summed E-state index contributed by atoms with van der Waals surface area (Å²) in [4.78, 5) is 9.79. The first-order valence-electron chi connectivity index (χ1n) is 6.62. The standard InChI is InChI=1S/C14H24NO2PS2/c1-11(2)12-7-6-8-13(9-12)14(10-15(3,4)5)17-18(16,19)20/h6-9,11,14H,10H2,1-5H3,(H-,16,19,20)/p+1. The van der Waals surface area contributed by atoms with E-state index in [9.17, 15) is 4.89 Å². The minimum absolute atomic E-state index is 0.248. The number of benzene rings is 1. The number of hydrogen-bond donors (Lipinski definition) is 2. The molecule has 2 atom stereocenters. The van der Waals surface area contributed by atoms with E-state index in [0.717, 1.165) is 16.6 Å². The summed E-state index contributed by atoms with van der Waals surface area (Å²) < 4.78 is 6.39. The summed E-state index contributed by atoms with van der Waals surface area (Å²) in [5, 5.41) is 0. The first-order chi connectivity index (χ1) is 8.98. The number of quaternary nitrogens is 1. The fraction of sp³-hybridized carbons (Fsp3) is 0.571. The Bertz CT molecular complexity index is 494. The van der Waals surface area contributed by atoms with Crippen molar-refractivity contribution >= 4 is 29.7 Å². The quantitative estimate of drug-likeness (QED) is 0.472. The van der Waals surface area contributed by atoms with Gasteiger partial charge in [-0.2, -0.15) is 0 Å². The van der Waals surface area contributed by atoms with Crippen molar-refractivity contribution in [1.29, 1.82) is 0 Å². The van der Waals surface area contributed by atoms with Crippen molar-refractivity contribution < 1.29 is 13.9 Å². The Kier molecular flexibility index (Phi) is 6.27. The lowest BCUT2D eigenvalue weighted by molar-refractivity contribution is -0.873. The zero-order chi connectivity index (χ0) is 15.6. The van der Waals surface area contributed by atoms with E-state index in [1.54, 1.807) is 0 Å². The molecule has 0 aliphatic rings. The molecule has 0 bridgehead atoms. The maximum atomic E-state index is 9.79. The van der Waals surface area contributed by atoms with Crippen LogP contribution in [0.1, 0.15) is 37.0 Å². The monoisotopic (exact) mass is 334 g/mol. The lowest BCUT2D eigenvalue weighted by Crippen LogP contribution is -2.38. The molecule has 0 spiro atoms. The van der Waals surface area contributed by atoms with Crippen molar-refractivity contribution in [2.75, 3.05) is 27.7 Å². The van der Waals surface area contributed by atoms with Crippen LogP contribution < -0.4 is 0 Å². The molecule has 0 aromatic heterocycles. The Morgan fingerprint density at radius 1 is 1.30 bits per heavy atom. The predicted octanol–water partition coefficient (Wildman–Crippen LogP) is 3.72. The third kappa shape index (κ3) is 6.70. The number of thiol groups is 1. The molecule has 0 fully saturated rings. The van der Waals surface area contributed by atoms with Crippen LogP contribution in [0.5, 0.6) is 0 Å². The zero-order valence-electron chi connectivity index (χ0n) is 12.8. The molecule has 0 radical (unpaired) electrons. The van der Waals surface area contributed by atoms with Gasteiger partial charge in [-0.15, -0.1) is 0 Å². The molecule has 0 heterocycles. The van der Waals surface area contributed by atoms with Crippen LogP contribution in [0, 0.1) is 0 Å². The average molecular weight is 334 g/mol. The molecule has 20 heavy (non-hydrogen) atoms. The van der Waals surface area contributed by atoms with Gasteiger partial charge in [-0.3, -0.25) is 0 Å². The van der Waals surface area contributed by atoms with E-state index < -0.39 is 5.69 Å². The van der Waals surface area contributed by atoms with Gasteiger partial charge in [0.25, 0.3) is 0 Å². The van der Waals surface area contributed by atoms with E-state index in [2.05, 4.69) is 59.4 Å². The van der Waals surface area contributed by atoms with E-state index in [1.807, 2.05) is 12.1 Å². The third-order valence-corrected chi connectivity index (χ3v) is 4.00. The predicted molar refractivity (Wildman–Crippen MR) is 92.7 cm³/mol. The minimum atomic E-state index is -2.99. The molecule has 1 N–H and O–H groups in total. The molecule has 114 valence electrons. The molecule has 0 aliphatic heterocycles. The second-order valence-electron chi connectivity index (χ2n) is 6.38. The van der Waals surface area contributed by atoms with Gasteiger partial charge in [0, 0.05) is 0 Å². The smallest absolute Gasteiger partial charge is 0.242 e. The van der Waals surface area contributed by atoms with Gasteiger partial charge in [-0.05, 0) is 28.9 Å². The number of likely N-dealkylation sites (N-methyl/N-ethyl adjacent to an activating group) is 1. The fourth-order valence-corrected chi connectivity index (χ4v) is 3.15. The van der Waals surface area contributed by atoms with Gasteiger partial charge in [0.2, 0.25) is 5.69 Å². The Morgan fingerprint density at radius 2 is 1.85 bits per heavy atom. The Hall–Kier alpha value is 0.1000. The van der Waals surface area contributed by atoms with Crippen LogP contribution in [0.3, 0.4) is 0 Å². The minimum Gasteiger partial charge on any atom is -0.338 e. The second-order valence-corrected chi connectivity index (χ2v) is 11.5. The van der Waals surface area contributed by atoms with Gasteiger partial charge in [-0.25, -0.2) is 0 Å². The van der Waals surface area contributed by atoms with E-state index in [-0.39, 0.29) is 6.10 Å². The Balaban J connectivity index is 3.09. The van der Waals surface area contributed by atoms with Gasteiger partial charge in [0.15, 0.2) is 0 Å². The Labute approximate surface area is 132 Å². The van der Waals surface area contributed by atoms with E-state index >= 15 is 0 Å². The summed E-state index contributed by atoms with van der Waals surface area (Å²) in [6.07, 6.45) is -0.248. The molecule has 6 heteroatoms. The molecule has 1 rings (SSSR count). The molecule has 1 aromatic carbocycles. The van der Waals surface area contributed by atoms with Gasteiger partial charge in [0.05, 0.1) is 21.1 Å². The summed E-state index contributed by atoms with van der Waals surface area (Å²) in [5.41, 5.74) is -0.699. The largest absolute Gasteiger partial charge is 0.338 e. The van der Waals surface area contributed by atoms with Crippen LogP contribution in [0.15, 0.2) is 24.3 Å². The van der Waals surface area contributed by atoms with Gasteiger partial charge in [-0.1, -0.05) is 50.4 Å². The Morgan fingerprint density at radius 3 is 2.30 bits per heavy atom. The molecule has 3 nitrogen and oxygen atoms in total. The molecule has 0 amide bonds. The van der Waals surface area contributed by atoms with E-state index in [4.69, 9.17) is 16.3 Å². The van der Waals surface area contributed by atoms with Gasteiger partial charge in [0.1, 0.15) is 12.6 Å². The normalized spacial score (nSPS) is 17.0. The highest BCUT2D eigenvalue weighted by atomic mass is 32.9. The van der Waals surface area contributed by atoms with Crippen molar-refractivity contribution in [2.45, 2.75) is 25.9 Å². The highest BCUT2D eigenvalue weighted by molar-refractivity contribution is 8.59. The highest BCUT2D eigenvalue weighted by Gasteiger charge is 2.25. The summed E-state index contributed by atoms with van der Waals surface area (Å²) in [7, 11) is 6.26. The van der Waals surface area contributed by atoms with E-state index in [0.29, 0.717) is 5.92 Å².